The topological polar surface area (TPSA) is 16.1 Å². The zero-order chi connectivity index (χ0) is 10.8. The van der Waals surface area contributed by atoms with Gasteiger partial charge in [-0.3, -0.25) is 0 Å². The molecule has 2 heteroatoms. The van der Waals surface area contributed by atoms with E-state index in [1.807, 2.05) is 18.3 Å². The van der Waals surface area contributed by atoms with Crippen molar-refractivity contribution >= 4 is 11.5 Å². The van der Waals surface area contributed by atoms with E-state index in [1.165, 1.54) is 24.1 Å². The van der Waals surface area contributed by atoms with Gasteiger partial charge in [-0.2, -0.15) is 0 Å². The van der Waals surface area contributed by atoms with Gasteiger partial charge in [0.25, 0.3) is 0 Å². The van der Waals surface area contributed by atoms with Crippen LogP contribution in [0.5, 0.6) is 0 Å². The lowest BCUT2D eigenvalue weighted by molar-refractivity contribution is 0.760. The van der Waals surface area contributed by atoms with Crippen LogP contribution in [0, 0.1) is 0 Å². The molecule has 0 saturated heterocycles. The molecule has 1 aliphatic rings. The van der Waals surface area contributed by atoms with Crippen molar-refractivity contribution in [1.82, 2.24) is 4.98 Å². The summed E-state index contributed by atoms with van der Waals surface area (Å²) < 4.78 is 0. The number of pyridine rings is 1. The lowest BCUT2D eigenvalue weighted by Gasteiger charge is -2.30. The Bertz CT molecular complexity index is 479. The lowest BCUT2D eigenvalue weighted by atomic mass is 10.0. The molecule has 0 bridgehead atoms. The number of fused-ring (bicyclic) bond motifs is 1. The van der Waals surface area contributed by atoms with Gasteiger partial charge in [-0.25, -0.2) is 4.98 Å². The van der Waals surface area contributed by atoms with E-state index in [1.54, 1.807) is 0 Å². The molecule has 0 fully saturated rings. The van der Waals surface area contributed by atoms with E-state index in [-0.39, 0.29) is 0 Å². The van der Waals surface area contributed by atoms with Crippen molar-refractivity contribution < 1.29 is 0 Å². The summed E-state index contributed by atoms with van der Waals surface area (Å²) in [5, 5.41) is 0. The maximum atomic E-state index is 4.43. The number of rotatable bonds is 1. The highest BCUT2D eigenvalue weighted by Gasteiger charge is 2.17. The standard InChI is InChI=1S/C14H14N2/c1-2-8-13-12(6-1)7-5-11-16(13)14-9-3-4-10-15-14/h1-4,6,8-10H,5,7,11H2. The SMILES string of the molecule is c1ccc(N2CCCc3ccccc32)nc1. The average molecular weight is 210 g/mol. The number of aromatic nitrogens is 1. The Balaban J connectivity index is 2.05. The van der Waals surface area contributed by atoms with E-state index in [9.17, 15) is 0 Å². The van der Waals surface area contributed by atoms with Gasteiger partial charge in [-0.1, -0.05) is 24.3 Å². The maximum Gasteiger partial charge on any atom is 0.132 e. The Morgan fingerprint density at radius 3 is 2.75 bits per heavy atom. The summed E-state index contributed by atoms with van der Waals surface area (Å²) in [7, 11) is 0. The first kappa shape index (κ1) is 9.40. The molecule has 0 atom stereocenters. The number of anilines is 2. The van der Waals surface area contributed by atoms with Gasteiger partial charge in [0.2, 0.25) is 0 Å². The molecule has 0 spiro atoms. The van der Waals surface area contributed by atoms with E-state index >= 15 is 0 Å². The molecule has 0 aliphatic carbocycles. The first-order chi connectivity index (χ1) is 7.95. The van der Waals surface area contributed by atoms with Crippen molar-refractivity contribution in [3.63, 3.8) is 0 Å². The molecule has 1 aliphatic heterocycles. The second-order valence-corrected chi connectivity index (χ2v) is 4.07. The summed E-state index contributed by atoms with van der Waals surface area (Å²) >= 11 is 0. The van der Waals surface area contributed by atoms with Crippen LogP contribution in [0.25, 0.3) is 0 Å². The number of aryl methyl sites for hydroxylation is 1. The fraction of sp³-hybridized carbons (Fsp3) is 0.214. The summed E-state index contributed by atoms with van der Waals surface area (Å²) in [6.45, 7) is 1.06. The largest absolute Gasteiger partial charge is 0.326 e. The predicted molar refractivity (Wildman–Crippen MR) is 66.0 cm³/mol. The fourth-order valence-electron chi connectivity index (χ4n) is 2.28. The minimum atomic E-state index is 1.05. The van der Waals surface area contributed by atoms with Crippen LogP contribution in [-0.2, 0) is 6.42 Å². The smallest absolute Gasteiger partial charge is 0.132 e. The lowest BCUT2D eigenvalue weighted by Crippen LogP contribution is -2.25. The van der Waals surface area contributed by atoms with Crippen LogP contribution >= 0.6 is 0 Å². The van der Waals surface area contributed by atoms with E-state index in [2.05, 4.69) is 40.2 Å². The van der Waals surface area contributed by atoms with Crippen molar-refractivity contribution in [3.05, 3.63) is 54.2 Å². The Kier molecular flexibility index (Phi) is 2.33. The first-order valence-corrected chi connectivity index (χ1v) is 5.71. The number of nitrogens with zero attached hydrogens (tertiary/aromatic N) is 2. The van der Waals surface area contributed by atoms with Gasteiger partial charge in [0, 0.05) is 18.4 Å². The molecule has 2 heterocycles. The first-order valence-electron chi connectivity index (χ1n) is 5.71. The molecule has 0 saturated carbocycles. The molecule has 2 nitrogen and oxygen atoms in total. The molecular weight excluding hydrogens is 196 g/mol. The third-order valence-corrected chi connectivity index (χ3v) is 3.04. The summed E-state index contributed by atoms with van der Waals surface area (Å²) in [6, 6.07) is 14.7. The van der Waals surface area contributed by atoms with E-state index in [0.717, 1.165) is 12.4 Å². The average Bonchev–Trinajstić information content (AvgIpc) is 2.39. The van der Waals surface area contributed by atoms with Gasteiger partial charge in [-0.05, 0) is 36.6 Å². The van der Waals surface area contributed by atoms with Gasteiger partial charge < -0.3 is 4.90 Å². The van der Waals surface area contributed by atoms with Gasteiger partial charge in [0.05, 0.1) is 0 Å². The Morgan fingerprint density at radius 1 is 1.00 bits per heavy atom. The second kappa shape index (κ2) is 3.97. The molecule has 0 radical (unpaired) electrons. The van der Waals surface area contributed by atoms with Crippen LogP contribution in [0.3, 0.4) is 0 Å². The van der Waals surface area contributed by atoms with Crippen LogP contribution in [0.2, 0.25) is 0 Å². The molecule has 16 heavy (non-hydrogen) atoms. The molecular formula is C14H14N2. The number of benzene rings is 1. The number of para-hydroxylation sites is 1. The molecule has 0 amide bonds. The Morgan fingerprint density at radius 2 is 1.88 bits per heavy atom. The summed E-state index contributed by atoms with van der Waals surface area (Å²) in [5.74, 6) is 1.05. The highest BCUT2D eigenvalue weighted by molar-refractivity contribution is 5.65. The van der Waals surface area contributed by atoms with Crippen molar-refractivity contribution in [1.29, 1.82) is 0 Å². The molecule has 80 valence electrons. The van der Waals surface area contributed by atoms with E-state index in [0.29, 0.717) is 0 Å². The molecule has 1 aromatic carbocycles. The fourth-order valence-corrected chi connectivity index (χ4v) is 2.28. The number of hydrogen-bond donors (Lipinski definition) is 0. The van der Waals surface area contributed by atoms with Crippen molar-refractivity contribution in [2.45, 2.75) is 12.8 Å². The van der Waals surface area contributed by atoms with Gasteiger partial charge in [0.15, 0.2) is 0 Å². The van der Waals surface area contributed by atoms with Crippen molar-refractivity contribution in [3.8, 4) is 0 Å². The zero-order valence-corrected chi connectivity index (χ0v) is 9.13. The van der Waals surface area contributed by atoms with Crippen LogP contribution in [-0.4, -0.2) is 11.5 Å². The highest BCUT2D eigenvalue weighted by Crippen LogP contribution is 2.31. The van der Waals surface area contributed by atoms with Crippen molar-refractivity contribution in [2.24, 2.45) is 0 Å². The Labute approximate surface area is 95.6 Å². The third kappa shape index (κ3) is 1.56. The Hall–Kier alpha value is -1.83. The normalized spacial score (nSPS) is 14.6. The van der Waals surface area contributed by atoms with Gasteiger partial charge in [-0.15, -0.1) is 0 Å². The summed E-state index contributed by atoms with van der Waals surface area (Å²) in [6.07, 6.45) is 4.24. The number of hydrogen-bond acceptors (Lipinski definition) is 2. The summed E-state index contributed by atoms with van der Waals surface area (Å²) in [4.78, 5) is 6.73. The zero-order valence-electron chi connectivity index (χ0n) is 9.13. The highest BCUT2D eigenvalue weighted by atomic mass is 15.2. The van der Waals surface area contributed by atoms with Crippen molar-refractivity contribution in [2.75, 3.05) is 11.4 Å². The second-order valence-electron chi connectivity index (χ2n) is 4.07. The van der Waals surface area contributed by atoms with Crippen LogP contribution in [0.15, 0.2) is 48.7 Å². The molecule has 2 aromatic rings. The van der Waals surface area contributed by atoms with E-state index in [4.69, 9.17) is 0 Å². The van der Waals surface area contributed by atoms with E-state index < -0.39 is 0 Å². The third-order valence-electron chi connectivity index (χ3n) is 3.04. The quantitative estimate of drug-likeness (QED) is 0.718. The molecule has 0 unspecified atom stereocenters. The molecule has 1 aromatic heterocycles. The summed E-state index contributed by atoms with van der Waals surface area (Å²) in [5.41, 5.74) is 2.74. The van der Waals surface area contributed by atoms with Crippen LogP contribution < -0.4 is 4.90 Å². The monoisotopic (exact) mass is 210 g/mol. The predicted octanol–water partition coefficient (Wildman–Crippen LogP) is 3.17. The minimum Gasteiger partial charge on any atom is -0.326 e. The maximum absolute atomic E-state index is 4.43. The van der Waals surface area contributed by atoms with Crippen LogP contribution in [0.4, 0.5) is 11.5 Å². The van der Waals surface area contributed by atoms with Gasteiger partial charge in [0.1, 0.15) is 5.82 Å². The molecule has 0 N–H and O–H groups in total. The van der Waals surface area contributed by atoms with Gasteiger partial charge >= 0.3 is 0 Å². The minimum absolute atomic E-state index is 1.05. The van der Waals surface area contributed by atoms with Crippen LogP contribution in [0.1, 0.15) is 12.0 Å². The molecule has 3 rings (SSSR count).